The van der Waals surface area contributed by atoms with Crippen LogP contribution >= 0.6 is 11.3 Å². The Bertz CT molecular complexity index is 922. The molecule has 4 rings (SSSR count). The molecule has 1 fully saturated rings. The van der Waals surface area contributed by atoms with Crippen LogP contribution in [-0.4, -0.2) is 54.3 Å². The number of nitrogens with zero attached hydrogens (tertiary/aromatic N) is 4. The monoisotopic (exact) mass is 338 g/mol. The van der Waals surface area contributed by atoms with Gasteiger partial charge >= 0.3 is 0 Å². The molecule has 1 saturated heterocycles. The van der Waals surface area contributed by atoms with Gasteiger partial charge in [-0.15, -0.1) is 11.3 Å². The molecule has 3 aromatic rings. The number of rotatable bonds is 3. The first-order valence-corrected chi connectivity index (χ1v) is 8.97. The van der Waals surface area contributed by atoms with Gasteiger partial charge in [-0.25, -0.2) is 4.98 Å². The molecule has 0 radical (unpaired) electrons. The topological polar surface area (TPSA) is 63.4 Å². The van der Waals surface area contributed by atoms with Crippen molar-refractivity contribution in [1.82, 2.24) is 9.88 Å². The van der Waals surface area contributed by atoms with Crippen LogP contribution in [0.5, 0.6) is 0 Å². The second-order valence-electron chi connectivity index (χ2n) is 5.99. The Kier molecular flexibility index (Phi) is 4.07. The van der Waals surface area contributed by atoms with E-state index in [4.69, 9.17) is 15.4 Å². The summed E-state index contributed by atoms with van der Waals surface area (Å²) in [7, 11) is 0. The lowest BCUT2D eigenvalue weighted by atomic mass is 10.1. The number of β-amino-alcohol motifs (C(OH)–C–C–N with tert-alkyl or cyclic N) is 1. The zero-order valence-electron chi connectivity index (χ0n) is 13.3. The molecule has 0 bridgehead atoms. The first kappa shape index (κ1) is 15.3. The summed E-state index contributed by atoms with van der Waals surface area (Å²) in [6, 6.07) is 10.1. The van der Waals surface area contributed by atoms with Gasteiger partial charge in [0.2, 0.25) is 0 Å². The molecule has 1 aromatic carbocycles. The Labute approximate surface area is 144 Å². The van der Waals surface area contributed by atoms with Crippen LogP contribution in [0.25, 0.3) is 21.0 Å². The highest BCUT2D eigenvalue weighted by atomic mass is 32.1. The molecular formula is C18H18N4OS. The molecule has 2 aromatic heterocycles. The average Bonchev–Trinajstić information content (AvgIpc) is 3.11. The van der Waals surface area contributed by atoms with Crippen molar-refractivity contribution in [2.24, 2.45) is 0 Å². The van der Waals surface area contributed by atoms with Gasteiger partial charge < -0.3 is 10.0 Å². The van der Waals surface area contributed by atoms with Crippen LogP contribution in [0, 0.1) is 11.3 Å². The van der Waals surface area contributed by atoms with E-state index in [1.165, 1.54) is 10.1 Å². The second kappa shape index (κ2) is 6.36. The minimum absolute atomic E-state index is 0.208. The minimum atomic E-state index is 0.208. The fourth-order valence-corrected chi connectivity index (χ4v) is 4.25. The summed E-state index contributed by atoms with van der Waals surface area (Å²) in [6.45, 7) is 4.62. The average molecular weight is 338 g/mol. The molecule has 0 aliphatic carbocycles. The van der Waals surface area contributed by atoms with E-state index in [2.05, 4.69) is 27.3 Å². The third-order valence-corrected chi connectivity index (χ3v) is 5.54. The number of fused-ring (bicyclic) bond motifs is 3. The van der Waals surface area contributed by atoms with E-state index >= 15 is 0 Å². The van der Waals surface area contributed by atoms with Gasteiger partial charge in [-0.3, -0.25) is 4.90 Å². The smallest absolute Gasteiger partial charge is 0.138 e. The summed E-state index contributed by atoms with van der Waals surface area (Å²) < 4.78 is 1.23. The maximum atomic E-state index is 9.16. The van der Waals surface area contributed by atoms with E-state index < -0.39 is 0 Å². The summed E-state index contributed by atoms with van der Waals surface area (Å²) in [5.74, 6) is 1.01. The largest absolute Gasteiger partial charge is 0.395 e. The summed E-state index contributed by atoms with van der Waals surface area (Å²) in [6.07, 6.45) is 0. The van der Waals surface area contributed by atoms with Crippen LogP contribution in [0.3, 0.4) is 0 Å². The molecule has 0 atom stereocenters. The van der Waals surface area contributed by atoms with Crippen molar-refractivity contribution in [2.45, 2.75) is 0 Å². The molecule has 24 heavy (non-hydrogen) atoms. The number of aliphatic hydroxyl groups is 1. The van der Waals surface area contributed by atoms with Gasteiger partial charge in [0.1, 0.15) is 5.82 Å². The lowest BCUT2D eigenvalue weighted by Gasteiger charge is -2.35. The van der Waals surface area contributed by atoms with Crippen molar-refractivity contribution in [1.29, 1.82) is 5.26 Å². The first-order chi connectivity index (χ1) is 11.8. The van der Waals surface area contributed by atoms with Crippen LogP contribution in [0.4, 0.5) is 5.82 Å². The Morgan fingerprint density at radius 1 is 1.17 bits per heavy atom. The quantitative estimate of drug-likeness (QED) is 0.795. The van der Waals surface area contributed by atoms with E-state index in [0.29, 0.717) is 5.56 Å². The number of nitriles is 1. The third-order valence-electron chi connectivity index (χ3n) is 4.59. The number of anilines is 1. The van der Waals surface area contributed by atoms with E-state index in [1.807, 2.05) is 18.2 Å². The summed E-state index contributed by atoms with van der Waals surface area (Å²) >= 11 is 1.72. The molecule has 5 nitrogen and oxygen atoms in total. The standard InChI is InChI=1S/C18H18N4OS/c19-12-13-1-2-14-16(11-13)20-18(15-3-10-24-17(14)15)22-6-4-21(5-7-22)8-9-23/h1-3,10-11,23H,4-9H2. The van der Waals surface area contributed by atoms with Gasteiger partial charge in [0.15, 0.2) is 0 Å². The van der Waals surface area contributed by atoms with Gasteiger partial charge in [-0.05, 0) is 23.6 Å². The number of hydrogen-bond acceptors (Lipinski definition) is 6. The van der Waals surface area contributed by atoms with Crippen LogP contribution in [0.1, 0.15) is 5.56 Å². The van der Waals surface area contributed by atoms with Crippen LogP contribution in [0.2, 0.25) is 0 Å². The molecule has 6 heteroatoms. The number of thiophene rings is 1. The molecule has 3 heterocycles. The predicted molar refractivity (Wildman–Crippen MR) is 97.6 cm³/mol. The van der Waals surface area contributed by atoms with Crippen molar-refractivity contribution < 1.29 is 5.11 Å². The maximum Gasteiger partial charge on any atom is 0.138 e. The van der Waals surface area contributed by atoms with Crippen LogP contribution < -0.4 is 4.90 Å². The molecule has 0 spiro atoms. The fourth-order valence-electron chi connectivity index (χ4n) is 3.32. The molecule has 0 saturated carbocycles. The highest BCUT2D eigenvalue weighted by Crippen LogP contribution is 2.35. The number of aliphatic hydroxyl groups excluding tert-OH is 1. The Morgan fingerprint density at radius 3 is 2.75 bits per heavy atom. The van der Waals surface area contributed by atoms with E-state index in [0.717, 1.165) is 49.4 Å². The Balaban J connectivity index is 1.77. The molecule has 1 aliphatic rings. The Hall–Kier alpha value is -2.20. The summed E-state index contributed by atoms with van der Waals surface area (Å²) in [5.41, 5.74) is 1.53. The van der Waals surface area contributed by atoms with E-state index in [-0.39, 0.29) is 6.61 Å². The minimum Gasteiger partial charge on any atom is -0.395 e. The lowest BCUT2D eigenvalue weighted by molar-refractivity contribution is 0.188. The molecule has 0 amide bonds. The number of piperazine rings is 1. The van der Waals surface area contributed by atoms with Crippen molar-refractivity contribution in [3.63, 3.8) is 0 Å². The molecular weight excluding hydrogens is 320 g/mol. The number of aromatic nitrogens is 1. The van der Waals surface area contributed by atoms with E-state index in [1.54, 1.807) is 11.3 Å². The normalized spacial score (nSPS) is 15.9. The predicted octanol–water partition coefficient (Wildman–Crippen LogP) is 2.44. The molecule has 1 aliphatic heterocycles. The van der Waals surface area contributed by atoms with Crippen molar-refractivity contribution in [3.8, 4) is 6.07 Å². The SMILES string of the molecule is N#Cc1ccc2c(c1)nc(N1CCN(CCO)CC1)c1ccsc12. The number of pyridine rings is 1. The number of hydrogen-bond donors (Lipinski definition) is 1. The van der Waals surface area contributed by atoms with Crippen molar-refractivity contribution >= 4 is 38.1 Å². The zero-order valence-corrected chi connectivity index (χ0v) is 14.1. The van der Waals surface area contributed by atoms with Gasteiger partial charge in [-0.2, -0.15) is 5.26 Å². The summed E-state index contributed by atoms with van der Waals surface area (Å²) in [5, 5.41) is 22.7. The van der Waals surface area contributed by atoms with Gasteiger partial charge in [0.05, 0.1) is 23.8 Å². The van der Waals surface area contributed by atoms with E-state index in [9.17, 15) is 0 Å². The number of benzene rings is 1. The second-order valence-corrected chi connectivity index (χ2v) is 6.91. The van der Waals surface area contributed by atoms with Gasteiger partial charge in [-0.1, -0.05) is 6.07 Å². The summed E-state index contributed by atoms with van der Waals surface area (Å²) in [4.78, 5) is 9.49. The first-order valence-electron chi connectivity index (χ1n) is 8.09. The van der Waals surface area contributed by atoms with Crippen LogP contribution in [0.15, 0.2) is 29.6 Å². The molecule has 1 N–H and O–H groups in total. The van der Waals surface area contributed by atoms with Gasteiger partial charge in [0.25, 0.3) is 0 Å². The van der Waals surface area contributed by atoms with Crippen LogP contribution in [-0.2, 0) is 0 Å². The van der Waals surface area contributed by atoms with Crippen molar-refractivity contribution in [2.75, 3.05) is 44.2 Å². The third kappa shape index (κ3) is 2.61. The van der Waals surface area contributed by atoms with Crippen molar-refractivity contribution in [3.05, 3.63) is 35.2 Å². The maximum absolute atomic E-state index is 9.16. The van der Waals surface area contributed by atoms with Gasteiger partial charge in [0, 0.05) is 48.2 Å². The molecule has 0 unspecified atom stereocenters. The molecule has 122 valence electrons. The zero-order chi connectivity index (χ0) is 16.5. The highest BCUT2D eigenvalue weighted by molar-refractivity contribution is 7.18. The lowest BCUT2D eigenvalue weighted by Crippen LogP contribution is -2.47. The highest BCUT2D eigenvalue weighted by Gasteiger charge is 2.21. The fraction of sp³-hybridized carbons (Fsp3) is 0.333. The Morgan fingerprint density at radius 2 is 2.00 bits per heavy atom.